The van der Waals surface area contributed by atoms with Crippen molar-refractivity contribution in [2.75, 3.05) is 5.73 Å². The van der Waals surface area contributed by atoms with Gasteiger partial charge >= 0.3 is 5.97 Å². The van der Waals surface area contributed by atoms with Gasteiger partial charge in [0.15, 0.2) is 5.82 Å². The molecule has 0 aliphatic carbocycles. The van der Waals surface area contributed by atoms with Crippen LogP contribution in [0.4, 0.5) is 5.82 Å². The molecule has 1 aromatic carbocycles. The van der Waals surface area contributed by atoms with E-state index >= 15 is 0 Å². The standard InChI is InChI=1S/C19H22N4O2/c1-19(2,3)25-17(24)10-7-13-5-4-6-14(11-13)15-8-9-16-18(20)21-12-22-23(15)16/h4-6,8-9,11-12H,7,10H2,1-3H3,(H2,20,21,22). The van der Waals surface area contributed by atoms with E-state index < -0.39 is 5.60 Å². The highest BCUT2D eigenvalue weighted by molar-refractivity contribution is 5.73. The second-order valence-corrected chi connectivity index (χ2v) is 6.95. The first-order valence-electron chi connectivity index (χ1n) is 8.23. The molecule has 2 aromatic heterocycles. The van der Waals surface area contributed by atoms with Crippen LogP contribution in [0, 0.1) is 0 Å². The fourth-order valence-electron chi connectivity index (χ4n) is 2.70. The highest BCUT2D eigenvalue weighted by Crippen LogP contribution is 2.24. The zero-order valence-corrected chi connectivity index (χ0v) is 14.7. The third-order valence-corrected chi connectivity index (χ3v) is 3.74. The molecule has 0 aliphatic rings. The first kappa shape index (κ1) is 17.0. The summed E-state index contributed by atoms with van der Waals surface area (Å²) < 4.78 is 7.13. The molecule has 0 saturated carbocycles. The van der Waals surface area contributed by atoms with Crippen molar-refractivity contribution in [2.24, 2.45) is 0 Å². The fraction of sp³-hybridized carbons (Fsp3) is 0.316. The smallest absolute Gasteiger partial charge is 0.306 e. The van der Waals surface area contributed by atoms with E-state index in [1.165, 1.54) is 6.33 Å². The normalized spacial score (nSPS) is 11.6. The molecule has 0 atom stereocenters. The van der Waals surface area contributed by atoms with Crippen LogP contribution in [0.1, 0.15) is 32.8 Å². The Hall–Kier alpha value is -2.89. The van der Waals surface area contributed by atoms with Crippen LogP contribution >= 0.6 is 0 Å². The Balaban J connectivity index is 1.80. The number of ether oxygens (including phenoxy) is 1. The van der Waals surface area contributed by atoms with Crippen LogP contribution in [0.5, 0.6) is 0 Å². The lowest BCUT2D eigenvalue weighted by Gasteiger charge is -2.19. The van der Waals surface area contributed by atoms with Crippen LogP contribution in [-0.4, -0.2) is 26.2 Å². The average molecular weight is 338 g/mol. The maximum atomic E-state index is 11.9. The van der Waals surface area contributed by atoms with Gasteiger partial charge in [0, 0.05) is 12.0 Å². The van der Waals surface area contributed by atoms with Crippen LogP contribution in [0.15, 0.2) is 42.7 Å². The Labute approximate surface area is 146 Å². The molecule has 3 rings (SSSR count). The number of hydrogen-bond acceptors (Lipinski definition) is 5. The van der Waals surface area contributed by atoms with Crippen molar-refractivity contribution >= 4 is 17.3 Å². The van der Waals surface area contributed by atoms with Crippen molar-refractivity contribution in [3.63, 3.8) is 0 Å². The number of nitrogen functional groups attached to an aromatic ring is 1. The lowest BCUT2D eigenvalue weighted by molar-refractivity contribution is -0.154. The summed E-state index contributed by atoms with van der Waals surface area (Å²) in [5.41, 5.74) is 9.22. The van der Waals surface area contributed by atoms with Crippen molar-refractivity contribution in [1.82, 2.24) is 14.6 Å². The van der Waals surface area contributed by atoms with Gasteiger partial charge in [-0.15, -0.1) is 0 Å². The van der Waals surface area contributed by atoms with E-state index in [1.54, 1.807) is 4.52 Å². The highest BCUT2D eigenvalue weighted by Gasteiger charge is 2.16. The third kappa shape index (κ3) is 3.96. The Morgan fingerprint density at radius 2 is 2.04 bits per heavy atom. The maximum absolute atomic E-state index is 11.9. The molecule has 2 heterocycles. The number of aromatic nitrogens is 3. The summed E-state index contributed by atoms with van der Waals surface area (Å²) >= 11 is 0. The van der Waals surface area contributed by atoms with E-state index in [0.29, 0.717) is 18.7 Å². The summed E-state index contributed by atoms with van der Waals surface area (Å²) in [6.45, 7) is 5.62. The third-order valence-electron chi connectivity index (χ3n) is 3.74. The summed E-state index contributed by atoms with van der Waals surface area (Å²) in [4.78, 5) is 15.9. The average Bonchev–Trinajstić information content (AvgIpc) is 2.97. The van der Waals surface area contributed by atoms with E-state index in [4.69, 9.17) is 10.5 Å². The number of carbonyl (C=O) groups is 1. The Bertz CT molecular complexity index is 909. The summed E-state index contributed by atoms with van der Waals surface area (Å²) in [6.07, 6.45) is 2.42. The molecule has 0 amide bonds. The van der Waals surface area contributed by atoms with Crippen LogP contribution < -0.4 is 5.73 Å². The second-order valence-electron chi connectivity index (χ2n) is 6.95. The zero-order chi connectivity index (χ0) is 18.0. The van der Waals surface area contributed by atoms with Gasteiger partial charge in [0.25, 0.3) is 0 Å². The number of fused-ring (bicyclic) bond motifs is 1. The highest BCUT2D eigenvalue weighted by atomic mass is 16.6. The number of aryl methyl sites for hydroxylation is 1. The van der Waals surface area contributed by atoms with Gasteiger partial charge in [-0.3, -0.25) is 4.79 Å². The van der Waals surface area contributed by atoms with Crippen LogP contribution in [0.3, 0.4) is 0 Å². The van der Waals surface area contributed by atoms with Gasteiger partial charge in [-0.25, -0.2) is 9.50 Å². The van der Waals surface area contributed by atoms with Crippen molar-refractivity contribution in [3.8, 4) is 11.3 Å². The molecule has 130 valence electrons. The van der Waals surface area contributed by atoms with Gasteiger partial charge in [-0.2, -0.15) is 5.10 Å². The fourth-order valence-corrected chi connectivity index (χ4v) is 2.70. The minimum Gasteiger partial charge on any atom is -0.460 e. The van der Waals surface area contributed by atoms with Crippen molar-refractivity contribution in [1.29, 1.82) is 0 Å². The van der Waals surface area contributed by atoms with Gasteiger partial charge in [-0.1, -0.05) is 18.2 Å². The van der Waals surface area contributed by atoms with Gasteiger partial charge in [0.05, 0.1) is 5.69 Å². The van der Waals surface area contributed by atoms with E-state index in [1.807, 2.05) is 51.1 Å². The van der Waals surface area contributed by atoms with E-state index in [0.717, 1.165) is 22.3 Å². The van der Waals surface area contributed by atoms with Crippen molar-refractivity contribution in [2.45, 2.75) is 39.2 Å². The summed E-state index contributed by atoms with van der Waals surface area (Å²) in [5.74, 6) is 0.258. The molecular weight excluding hydrogens is 316 g/mol. The van der Waals surface area contributed by atoms with E-state index in [-0.39, 0.29) is 5.97 Å². The largest absolute Gasteiger partial charge is 0.460 e. The molecule has 0 radical (unpaired) electrons. The summed E-state index contributed by atoms with van der Waals surface area (Å²) in [7, 11) is 0. The van der Waals surface area contributed by atoms with Gasteiger partial charge in [0.2, 0.25) is 0 Å². The molecule has 3 aromatic rings. The minimum atomic E-state index is -0.455. The summed E-state index contributed by atoms with van der Waals surface area (Å²) in [6, 6.07) is 11.9. The quantitative estimate of drug-likeness (QED) is 0.738. The Morgan fingerprint density at radius 1 is 1.24 bits per heavy atom. The molecule has 25 heavy (non-hydrogen) atoms. The second kappa shape index (κ2) is 6.55. The SMILES string of the molecule is CC(C)(C)OC(=O)CCc1cccc(-c2ccc3c(N)ncnn23)c1. The predicted octanol–water partition coefficient (Wildman–Crippen LogP) is 3.25. The van der Waals surface area contributed by atoms with Gasteiger partial charge < -0.3 is 10.5 Å². The van der Waals surface area contributed by atoms with Crippen LogP contribution in [0.2, 0.25) is 0 Å². The van der Waals surface area contributed by atoms with E-state index in [9.17, 15) is 4.79 Å². The van der Waals surface area contributed by atoms with Gasteiger partial charge in [0.1, 0.15) is 17.4 Å². The monoisotopic (exact) mass is 338 g/mol. The number of nitrogens with two attached hydrogens (primary N) is 1. The van der Waals surface area contributed by atoms with E-state index in [2.05, 4.69) is 16.1 Å². The first-order chi connectivity index (χ1) is 11.8. The number of esters is 1. The molecule has 0 saturated heterocycles. The molecule has 0 unspecified atom stereocenters. The van der Waals surface area contributed by atoms with Crippen molar-refractivity contribution < 1.29 is 9.53 Å². The molecule has 6 heteroatoms. The lowest BCUT2D eigenvalue weighted by atomic mass is 10.0. The predicted molar refractivity (Wildman–Crippen MR) is 97.0 cm³/mol. The van der Waals surface area contributed by atoms with Crippen LogP contribution in [0.25, 0.3) is 16.8 Å². The van der Waals surface area contributed by atoms with Crippen molar-refractivity contribution in [3.05, 3.63) is 48.3 Å². The molecular formula is C19H22N4O2. The number of carbonyl (C=O) groups excluding carboxylic acids is 1. The number of hydrogen-bond donors (Lipinski definition) is 1. The number of rotatable bonds is 4. The minimum absolute atomic E-state index is 0.188. The Morgan fingerprint density at radius 3 is 2.80 bits per heavy atom. The molecule has 0 fully saturated rings. The molecule has 6 nitrogen and oxygen atoms in total. The number of anilines is 1. The zero-order valence-electron chi connectivity index (χ0n) is 14.7. The Kier molecular flexibility index (Phi) is 4.44. The molecule has 2 N–H and O–H groups in total. The topological polar surface area (TPSA) is 82.5 Å². The first-order valence-corrected chi connectivity index (χ1v) is 8.23. The molecule has 0 aliphatic heterocycles. The lowest BCUT2D eigenvalue weighted by Crippen LogP contribution is -2.24. The van der Waals surface area contributed by atoms with Gasteiger partial charge in [-0.05, 0) is 51.0 Å². The maximum Gasteiger partial charge on any atom is 0.306 e. The molecule has 0 bridgehead atoms. The number of benzene rings is 1. The summed E-state index contributed by atoms with van der Waals surface area (Å²) in [5, 5.41) is 4.27. The van der Waals surface area contributed by atoms with Crippen LogP contribution in [-0.2, 0) is 16.0 Å². The number of nitrogens with zero attached hydrogens (tertiary/aromatic N) is 3. The molecule has 0 spiro atoms.